The summed E-state index contributed by atoms with van der Waals surface area (Å²) in [6, 6.07) is 55.2. The fraction of sp³-hybridized carbons (Fsp3) is 0.250. The summed E-state index contributed by atoms with van der Waals surface area (Å²) in [5.74, 6) is 1.52. The van der Waals surface area contributed by atoms with Gasteiger partial charge in [-0.15, -0.1) is 0 Å². The first kappa shape index (κ1) is 40.0. The molecule has 0 unspecified atom stereocenters. The molecular formula is C56H57N4O+. The molecule has 5 nitrogen and oxygen atoms in total. The van der Waals surface area contributed by atoms with Crippen molar-refractivity contribution in [1.82, 2.24) is 9.55 Å². The summed E-state index contributed by atoms with van der Waals surface area (Å²) in [4.78, 5) is 7.76. The highest BCUT2D eigenvalue weighted by molar-refractivity contribution is 5.90. The molecule has 0 saturated carbocycles. The number of rotatable bonds is 6. The number of anilines is 3. The first-order valence-corrected chi connectivity index (χ1v) is 21.5. The summed E-state index contributed by atoms with van der Waals surface area (Å²) < 4.78 is 11.3. The Morgan fingerprint density at radius 2 is 1.10 bits per heavy atom. The zero-order valence-electron chi connectivity index (χ0n) is 37.3. The zero-order valence-corrected chi connectivity index (χ0v) is 37.3. The second kappa shape index (κ2) is 14.6. The highest BCUT2D eigenvalue weighted by Crippen LogP contribution is 2.59. The molecule has 3 heterocycles. The Kier molecular flexibility index (Phi) is 9.58. The maximum atomic E-state index is 6.88. The van der Waals surface area contributed by atoms with Gasteiger partial charge in [-0.05, 0) is 122 Å². The zero-order chi connectivity index (χ0) is 42.9. The lowest BCUT2D eigenvalue weighted by Gasteiger charge is -2.47. The highest BCUT2D eigenvalue weighted by Gasteiger charge is 2.48. The molecule has 61 heavy (non-hydrogen) atoms. The van der Waals surface area contributed by atoms with Crippen LogP contribution in [0.2, 0.25) is 0 Å². The molecule has 8 aromatic rings. The van der Waals surface area contributed by atoms with Gasteiger partial charge >= 0.3 is 0 Å². The maximum Gasteiger partial charge on any atom is 0.249 e. The Labute approximate surface area is 362 Å². The number of fused-ring (bicyclic) bond motifs is 3. The standard InChI is InChI=1S/C56H57N4O/c1-53(2,3)38-24-28-42(29-25-38)60-48-30-26-39(54(4,5)6)34-46(48)56(52-23-13-14-32-57-52,47-35-40(55(7,8)9)27-31-49(47)60)41-17-15-19-44(33-41)61-45-20-16-18-43(36-45)59-37-58(10)50-21-11-12-22-51(50)59/h11-37H,1-10H3/q+1. The van der Waals surface area contributed by atoms with E-state index < -0.39 is 5.41 Å². The summed E-state index contributed by atoms with van der Waals surface area (Å²) >= 11 is 0. The van der Waals surface area contributed by atoms with E-state index in [0.29, 0.717) is 0 Å². The van der Waals surface area contributed by atoms with Gasteiger partial charge in [-0.1, -0.05) is 135 Å². The van der Waals surface area contributed by atoms with Gasteiger partial charge in [0.15, 0.2) is 11.0 Å². The van der Waals surface area contributed by atoms with Crippen LogP contribution in [0.3, 0.4) is 0 Å². The molecule has 0 amide bonds. The molecular weight excluding hydrogens is 745 g/mol. The molecule has 2 aromatic heterocycles. The molecule has 306 valence electrons. The molecule has 9 rings (SSSR count). The van der Waals surface area contributed by atoms with Crippen molar-refractivity contribution < 1.29 is 9.30 Å². The number of benzene rings is 6. The van der Waals surface area contributed by atoms with Crippen LogP contribution < -0.4 is 14.2 Å². The number of pyridine rings is 1. The minimum atomic E-state index is -0.809. The van der Waals surface area contributed by atoms with Gasteiger partial charge in [-0.25, -0.2) is 4.57 Å². The topological polar surface area (TPSA) is 34.2 Å². The lowest BCUT2D eigenvalue weighted by molar-refractivity contribution is -0.645. The molecule has 6 aromatic carbocycles. The van der Waals surface area contributed by atoms with Crippen molar-refractivity contribution >= 4 is 28.1 Å². The van der Waals surface area contributed by atoms with Gasteiger partial charge in [0.1, 0.15) is 17.2 Å². The number of hydrogen-bond donors (Lipinski definition) is 0. The Bertz CT molecular complexity index is 2840. The van der Waals surface area contributed by atoms with Crippen LogP contribution >= 0.6 is 0 Å². The number of para-hydroxylation sites is 2. The summed E-state index contributed by atoms with van der Waals surface area (Å²) in [6.45, 7) is 20.6. The summed E-state index contributed by atoms with van der Waals surface area (Å²) in [5.41, 5.74) is 14.0. The van der Waals surface area contributed by atoms with E-state index in [1.54, 1.807) is 0 Å². The molecule has 0 atom stereocenters. The van der Waals surface area contributed by atoms with E-state index >= 15 is 0 Å². The smallest absolute Gasteiger partial charge is 0.249 e. The number of aromatic nitrogens is 3. The average Bonchev–Trinajstić information content (AvgIpc) is 3.58. The molecule has 5 heteroatoms. The van der Waals surface area contributed by atoms with E-state index in [1.807, 2.05) is 18.3 Å². The molecule has 1 aliphatic rings. The summed E-state index contributed by atoms with van der Waals surface area (Å²) in [5, 5.41) is 0. The third kappa shape index (κ3) is 7.00. The van der Waals surface area contributed by atoms with Crippen LogP contribution in [-0.4, -0.2) is 9.55 Å². The Hall–Kier alpha value is -6.46. The molecule has 0 aliphatic carbocycles. The monoisotopic (exact) mass is 801 g/mol. The first-order valence-electron chi connectivity index (χ1n) is 21.5. The third-order valence-electron chi connectivity index (χ3n) is 12.5. The van der Waals surface area contributed by atoms with Crippen molar-refractivity contribution in [3.05, 3.63) is 203 Å². The van der Waals surface area contributed by atoms with Gasteiger partial charge in [0.05, 0.1) is 29.5 Å². The van der Waals surface area contributed by atoms with Crippen LogP contribution in [0, 0.1) is 0 Å². The predicted octanol–water partition coefficient (Wildman–Crippen LogP) is 13.7. The largest absolute Gasteiger partial charge is 0.457 e. The van der Waals surface area contributed by atoms with Crippen molar-refractivity contribution in [3.63, 3.8) is 0 Å². The van der Waals surface area contributed by atoms with E-state index in [-0.39, 0.29) is 16.2 Å². The van der Waals surface area contributed by atoms with Gasteiger partial charge in [0.2, 0.25) is 6.33 Å². The second-order valence-electron chi connectivity index (χ2n) is 19.8. The Balaban J connectivity index is 1.29. The van der Waals surface area contributed by atoms with Crippen molar-refractivity contribution in [3.8, 4) is 17.2 Å². The predicted molar refractivity (Wildman–Crippen MR) is 251 cm³/mol. The van der Waals surface area contributed by atoms with Gasteiger partial charge in [-0.2, -0.15) is 4.57 Å². The Morgan fingerprint density at radius 1 is 0.525 bits per heavy atom. The average molecular weight is 802 g/mol. The van der Waals surface area contributed by atoms with Crippen LogP contribution in [0.15, 0.2) is 164 Å². The van der Waals surface area contributed by atoms with Crippen LogP contribution in [-0.2, 0) is 28.7 Å². The van der Waals surface area contributed by atoms with Crippen LogP contribution in [0.1, 0.15) is 101 Å². The number of ether oxygens (including phenoxy) is 1. The van der Waals surface area contributed by atoms with E-state index in [1.165, 1.54) is 33.3 Å². The number of aryl methyl sites for hydroxylation is 1. The number of nitrogens with zero attached hydrogens (tertiary/aromatic N) is 4. The van der Waals surface area contributed by atoms with Crippen molar-refractivity contribution in [2.75, 3.05) is 4.90 Å². The van der Waals surface area contributed by atoms with E-state index in [0.717, 1.165) is 51.0 Å². The fourth-order valence-corrected chi connectivity index (χ4v) is 9.07. The quantitative estimate of drug-likeness (QED) is 0.157. The molecule has 0 spiro atoms. The normalized spacial score (nSPS) is 13.8. The second-order valence-corrected chi connectivity index (χ2v) is 19.8. The van der Waals surface area contributed by atoms with Crippen molar-refractivity contribution in [1.29, 1.82) is 0 Å². The third-order valence-corrected chi connectivity index (χ3v) is 12.5. The molecule has 1 aliphatic heterocycles. The summed E-state index contributed by atoms with van der Waals surface area (Å²) in [7, 11) is 2.08. The van der Waals surface area contributed by atoms with E-state index in [9.17, 15) is 0 Å². The molecule has 0 N–H and O–H groups in total. The van der Waals surface area contributed by atoms with Gasteiger partial charge in [0.25, 0.3) is 0 Å². The summed E-state index contributed by atoms with van der Waals surface area (Å²) in [6.07, 6.45) is 4.06. The van der Waals surface area contributed by atoms with E-state index in [4.69, 9.17) is 9.72 Å². The highest BCUT2D eigenvalue weighted by atomic mass is 16.5. The fourth-order valence-electron chi connectivity index (χ4n) is 9.07. The number of hydrogen-bond acceptors (Lipinski definition) is 3. The van der Waals surface area contributed by atoms with E-state index in [2.05, 4.69) is 229 Å². The molecule has 0 fully saturated rings. The molecule has 0 saturated heterocycles. The SMILES string of the molecule is C[n+]1cn(-c2cccc(Oc3cccc(C4(c5ccccn5)c5cc(C(C)(C)C)ccc5N(c5ccc(C(C)(C)C)cc5)c5ccc(C(C)(C)C)cc54)c3)c2)c2ccccc21. The minimum Gasteiger partial charge on any atom is -0.457 e. The Morgan fingerprint density at radius 3 is 1.70 bits per heavy atom. The lowest BCUT2D eigenvalue weighted by atomic mass is 9.62. The van der Waals surface area contributed by atoms with Crippen molar-refractivity contribution in [2.45, 2.75) is 84.0 Å². The van der Waals surface area contributed by atoms with Crippen molar-refractivity contribution in [2.24, 2.45) is 7.05 Å². The molecule has 0 bridgehead atoms. The van der Waals surface area contributed by atoms with Crippen LogP contribution in [0.4, 0.5) is 17.1 Å². The van der Waals surface area contributed by atoms with Crippen LogP contribution in [0.5, 0.6) is 11.5 Å². The first-order chi connectivity index (χ1) is 29.0. The minimum absolute atomic E-state index is 0.0385. The van der Waals surface area contributed by atoms with Crippen LogP contribution in [0.25, 0.3) is 16.7 Å². The molecule has 0 radical (unpaired) electrons. The lowest BCUT2D eigenvalue weighted by Crippen LogP contribution is -2.39. The van der Waals surface area contributed by atoms with Gasteiger partial charge < -0.3 is 9.64 Å². The van der Waals surface area contributed by atoms with Gasteiger partial charge in [0, 0.05) is 18.0 Å². The van der Waals surface area contributed by atoms with Gasteiger partial charge in [-0.3, -0.25) is 4.98 Å². The number of imidazole rings is 1. The maximum absolute atomic E-state index is 6.88.